The summed E-state index contributed by atoms with van der Waals surface area (Å²) in [5, 5.41) is 4.77. The van der Waals surface area contributed by atoms with Crippen molar-refractivity contribution < 1.29 is 31.8 Å². The molecular weight excluding hydrogens is 406 g/mol. The quantitative estimate of drug-likeness (QED) is 0.437. The molecule has 0 radical (unpaired) electrons. The Kier molecular flexibility index (Phi) is 6.35. The van der Waals surface area contributed by atoms with Crippen molar-refractivity contribution in [2.24, 2.45) is 0 Å². The third-order valence-electron chi connectivity index (χ3n) is 3.84. The van der Waals surface area contributed by atoms with Gasteiger partial charge in [-0.1, -0.05) is 18.2 Å². The van der Waals surface area contributed by atoms with E-state index in [1.54, 1.807) is 24.3 Å². The molecule has 0 aliphatic heterocycles. The van der Waals surface area contributed by atoms with E-state index in [1.807, 2.05) is 0 Å². The molecule has 0 saturated heterocycles. The van der Waals surface area contributed by atoms with Gasteiger partial charge in [0.25, 0.3) is 17.8 Å². The smallest absolute Gasteiger partial charge is 0.262 e. The van der Waals surface area contributed by atoms with Crippen molar-refractivity contribution in [3.63, 3.8) is 0 Å². The number of rotatable bonds is 7. The van der Waals surface area contributed by atoms with Gasteiger partial charge in [0.15, 0.2) is 18.1 Å². The molecular formula is C20H15F4N3O3. The number of aromatic nitrogens is 1. The second-order valence-electron chi connectivity index (χ2n) is 5.89. The molecule has 30 heavy (non-hydrogen) atoms. The van der Waals surface area contributed by atoms with Crippen LogP contribution in [0.2, 0.25) is 0 Å². The molecule has 0 fully saturated rings. The highest BCUT2D eigenvalue weighted by Gasteiger charge is 2.21. The summed E-state index contributed by atoms with van der Waals surface area (Å²) in [4.78, 5) is 14.6. The largest absolute Gasteiger partial charge is 0.493 e. The number of nitrogens with one attached hydrogen (secondary N) is 2. The third kappa shape index (κ3) is 4.77. The molecule has 2 N–H and O–H groups in total. The number of benzene rings is 2. The van der Waals surface area contributed by atoms with Gasteiger partial charge in [0.05, 0.1) is 7.11 Å². The molecule has 3 aromatic rings. The summed E-state index contributed by atoms with van der Waals surface area (Å²) < 4.78 is 64.5. The molecule has 1 amide bonds. The number of para-hydroxylation sites is 2. The zero-order valence-electron chi connectivity index (χ0n) is 15.5. The van der Waals surface area contributed by atoms with Crippen LogP contribution in [-0.2, 0) is 4.79 Å². The molecule has 0 bridgehead atoms. The number of amides is 1. The summed E-state index contributed by atoms with van der Waals surface area (Å²) in [6.07, 6.45) is 0. The lowest BCUT2D eigenvalue weighted by Crippen LogP contribution is -2.20. The van der Waals surface area contributed by atoms with E-state index in [-0.39, 0.29) is 18.0 Å². The normalized spacial score (nSPS) is 10.4. The van der Waals surface area contributed by atoms with Crippen molar-refractivity contribution in [2.75, 3.05) is 24.4 Å². The maximum atomic E-state index is 13.8. The molecule has 6 nitrogen and oxygen atoms in total. The van der Waals surface area contributed by atoms with Gasteiger partial charge in [0, 0.05) is 11.4 Å². The number of nitrogens with zero attached hydrogens (tertiary/aromatic N) is 1. The fourth-order valence-corrected chi connectivity index (χ4v) is 2.49. The van der Waals surface area contributed by atoms with E-state index in [1.165, 1.54) is 31.4 Å². The molecule has 1 heterocycles. The first-order chi connectivity index (χ1) is 14.4. The minimum Gasteiger partial charge on any atom is -0.493 e. The van der Waals surface area contributed by atoms with Crippen LogP contribution in [0.3, 0.4) is 0 Å². The maximum absolute atomic E-state index is 13.8. The SMILES string of the molecule is COc1ccccc1OCC(=O)Nc1cccc(Nc2c(F)c(F)nc(F)c2F)c1. The second-order valence-corrected chi connectivity index (χ2v) is 5.89. The first-order valence-electron chi connectivity index (χ1n) is 8.51. The number of carbonyl (C=O) groups is 1. The Morgan fingerprint density at radius 2 is 1.57 bits per heavy atom. The Bertz CT molecular complexity index is 1050. The van der Waals surface area contributed by atoms with Crippen molar-refractivity contribution in [1.29, 1.82) is 0 Å². The van der Waals surface area contributed by atoms with Gasteiger partial charge in [0.2, 0.25) is 11.6 Å². The number of hydrogen-bond acceptors (Lipinski definition) is 5. The van der Waals surface area contributed by atoms with Crippen LogP contribution in [0.15, 0.2) is 48.5 Å². The van der Waals surface area contributed by atoms with E-state index < -0.39 is 35.1 Å². The van der Waals surface area contributed by atoms with Crippen LogP contribution in [0.4, 0.5) is 34.6 Å². The van der Waals surface area contributed by atoms with Gasteiger partial charge in [-0.2, -0.15) is 22.5 Å². The van der Waals surface area contributed by atoms with Crippen LogP contribution >= 0.6 is 0 Å². The van der Waals surface area contributed by atoms with Crippen LogP contribution in [0.1, 0.15) is 0 Å². The predicted molar refractivity (Wildman–Crippen MR) is 101 cm³/mol. The topological polar surface area (TPSA) is 72.5 Å². The highest BCUT2D eigenvalue weighted by Crippen LogP contribution is 2.28. The van der Waals surface area contributed by atoms with Crippen LogP contribution in [0, 0.1) is 23.5 Å². The predicted octanol–water partition coefficient (Wildman–Crippen LogP) is 4.41. The van der Waals surface area contributed by atoms with Crippen molar-refractivity contribution in [2.45, 2.75) is 0 Å². The van der Waals surface area contributed by atoms with Gasteiger partial charge in [-0.3, -0.25) is 4.79 Å². The molecule has 0 aliphatic carbocycles. The summed E-state index contributed by atoms with van der Waals surface area (Å²) in [5.74, 6) is -6.60. The van der Waals surface area contributed by atoms with Crippen LogP contribution < -0.4 is 20.1 Å². The average Bonchev–Trinajstić information content (AvgIpc) is 2.74. The van der Waals surface area contributed by atoms with E-state index in [2.05, 4.69) is 15.6 Å². The lowest BCUT2D eigenvalue weighted by molar-refractivity contribution is -0.118. The Hall–Kier alpha value is -3.82. The number of ether oxygens (including phenoxy) is 2. The molecule has 1 aromatic heterocycles. The Balaban J connectivity index is 1.68. The van der Waals surface area contributed by atoms with E-state index >= 15 is 0 Å². The number of pyridine rings is 1. The summed E-state index contributed by atoms with van der Waals surface area (Å²) in [6, 6.07) is 12.4. The summed E-state index contributed by atoms with van der Waals surface area (Å²) >= 11 is 0. The fourth-order valence-electron chi connectivity index (χ4n) is 2.49. The number of halogens is 4. The molecule has 0 unspecified atom stereocenters. The van der Waals surface area contributed by atoms with Crippen LogP contribution in [-0.4, -0.2) is 24.6 Å². The number of hydrogen-bond donors (Lipinski definition) is 2. The van der Waals surface area contributed by atoms with Gasteiger partial charge in [-0.15, -0.1) is 0 Å². The van der Waals surface area contributed by atoms with Gasteiger partial charge in [-0.25, -0.2) is 0 Å². The van der Waals surface area contributed by atoms with Crippen molar-refractivity contribution in [3.05, 3.63) is 72.1 Å². The lowest BCUT2D eigenvalue weighted by atomic mass is 10.2. The highest BCUT2D eigenvalue weighted by molar-refractivity contribution is 5.92. The average molecular weight is 421 g/mol. The minimum atomic E-state index is -1.78. The van der Waals surface area contributed by atoms with E-state index in [0.29, 0.717) is 11.5 Å². The molecule has 156 valence electrons. The monoisotopic (exact) mass is 421 g/mol. The second kappa shape index (κ2) is 9.12. The Labute approximate surface area is 168 Å². The fraction of sp³-hybridized carbons (Fsp3) is 0.100. The Morgan fingerprint density at radius 3 is 2.23 bits per heavy atom. The van der Waals surface area contributed by atoms with Crippen LogP contribution in [0.5, 0.6) is 11.5 Å². The lowest BCUT2D eigenvalue weighted by Gasteiger charge is -2.12. The summed E-state index contributed by atoms with van der Waals surface area (Å²) in [6.45, 7) is -0.331. The first-order valence-corrected chi connectivity index (χ1v) is 8.51. The summed E-state index contributed by atoms with van der Waals surface area (Å²) in [5.41, 5.74) is -0.714. The Morgan fingerprint density at radius 1 is 0.933 bits per heavy atom. The van der Waals surface area contributed by atoms with Crippen LogP contribution in [0.25, 0.3) is 0 Å². The molecule has 10 heteroatoms. The maximum Gasteiger partial charge on any atom is 0.262 e. The van der Waals surface area contributed by atoms with Crippen molar-refractivity contribution in [3.8, 4) is 11.5 Å². The number of anilines is 3. The third-order valence-corrected chi connectivity index (χ3v) is 3.84. The van der Waals surface area contributed by atoms with Crippen molar-refractivity contribution >= 4 is 23.0 Å². The molecule has 2 aromatic carbocycles. The molecule has 3 rings (SSSR count). The molecule has 0 atom stereocenters. The van der Waals surface area contributed by atoms with Crippen molar-refractivity contribution in [1.82, 2.24) is 4.98 Å². The van der Waals surface area contributed by atoms with Gasteiger partial charge >= 0.3 is 0 Å². The molecule has 0 spiro atoms. The molecule has 0 saturated carbocycles. The van der Waals surface area contributed by atoms with Gasteiger partial charge in [-0.05, 0) is 30.3 Å². The zero-order valence-corrected chi connectivity index (χ0v) is 15.5. The van der Waals surface area contributed by atoms with E-state index in [0.717, 1.165) is 0 Å². The molecule has 0 aliphatic rings. The van der Waals surface area contributed by atoms with Gasteiger partial charge < -0.3 is 20.1 Å². The minimum absolute atomic E-state index is 0.0706. The van der Waals surface area contributed by atoms with Gasteiger partial charge in [0.1, 0.15) is 5.69 Å². The number of carbonyl (C=O) groups excluding carboxylic acids is 1. The first kappa shape index (κ1) is 20.9. The van der Waals surface area contributed by atoms with E-state index in [9.17, 15) is 22.4 Å². The zero-order chi connectivity index (χ0) is 21.7. The highest BCUT2D eigenvalue weighted by atomic mass is 19.2. The number of methoxy groups -OCH3 is 1. The van der Waals surface area contributed by atoms with E-state index in [4.69, 9.17) is 9.47 Å². The summed E-state index contributed by atoms with van der Waals surface area (Å²) in [7, 11) is 1.47. The standard InChI is InChI=1S/C20H15F4N3O3/c1-29-13-7-2-3-8-14(13)30-10-15(28)25-11-5-4-6-12(9-11)26-18-16(21)19(23)27-20(24)17(18)22/h2-9H,10H2,1H3,(H,25,28)(H,26,27).